The fourth-order valence-electron chi connectivity index (χ4n) is 2.60. The topological polar surface area (TPSA) is 140 Å². The molecule has 0 amide bonds. The van der Waals surface area contributed by atoms with Gasteiger partial charge in [0.2, 0.25) is 0 Å². The van der Waals surface area contributed by atoms with Crippen molar-refractivity contribution in [1.29, 1.82) is 0 Å². The van der Waals surface area contributed by atoms with E-state index in [0.29, 0.717) is 11.2 Å². The first-order chi connectivity index (χ1) is 9.05. The number of nitrogens with two attached hydrogens (primary N) is 1. The molecule has 1 saturated heterocycles. The zero-order valence-electron chi connectivity index (χ0n) is 9.58. The van der Waals surface area contributed by atoms with Gasteiger partial charge in [-0.3, -0.25) is 4.57 Å². The normalized spacial score (nSPS) is 40.6. The van der Waals surface area contributed by atoms with Crippen molar-refractivity contribution >= 4 is 17.0 Å². The van der Waals surface area contributed by atoms with Crippen molar-refractivity contribution in [3.8, 4) is 0 Å². The maximum atomic E-state index is 10.1. The van der Waals surface area contributed by atoms with E-state index in [4.69, 9.17) is 10.5 Å². The molecule has 5 atom stereocenters. The molecule has 9 nitrogen and oxygen atoms in total. The Morgan fingerprint density at radius 3 is 2.74 bits per heavy atom. The minimum atomic E-state index is -1.61. The summed E-state index contributed by atoms with van der Waals surface area (Å²) < 4.78 is 6.89. The van der Waals surface area contributed by atoms with Crippen LogP contribution in [-0.2, 0) is 4.74 Å². The molecule has 1 aliphatic carbocycles. The number of rotatable bonds is 1. The number of anilines is 1. The summed E-state index contributed by atoms with van der Waals surface area (Å²) in [5, 5.41) is 29.5. The Labute approximate surface area is 106 Å². The highest BCUT2D eigenvalue weighted by Crippen LogP contribution is 2.53. The maximum absolute atomic E-state index is 10.1. The fraction of sp³-hybridized carbons (Fsp3) is 0.500. The van der Waals surface area contributed by atoms with Crippen LogP contribution in [0.15, 0.2) is 12.7 Å². The van der Waals surface area contributed by atoms with Gasteiger partial charge in [-0.05, 0) is 0 Å². The van der Waals surface area contributed by atoms with Crippen LogP contribution in [0.5, 0.6) is 0 Å². The number of aliphatic hydroxyl groups excluding tert-OH is 2. The van der Waals surface area contributed by atoms with Crippen LogP contribution in [-0.4, -0.2) is 58.8 Å². The molecular weight excluding hydrogens is 254 g/mol. The second kappa shape index (κ2) is 3.20. The summed E-state index contributed by atoms with van der Waals surface area (Å²) in [5.74, 6) is 0.222. The Balaban J connectivity index is 1.79. The lowest BCUT2D eigenvalue weighted by Gasteiger charge is -2.21. The first-order valence-electron chi connectivity index (χ1n) is 5.72. The molecule has 4 rings (SSSR count). The van der Waals surface area contributed by atoms with E-state index >= 15 is 0 Å². The van der Waals surface area contributed by atoms with Crippen molar-refractivity contribution < 1.29 is 20.1 Å². The van der Waals surface area contributed by atoms with E-state index in [1.807, 2.05) is 0 Å². The molecule has 2 aromatic heterocycles. The Bertz CT molecular complexity index is 675. The SMILES string of the molecule is Nc1ncnc2c1ncn2[C@@H]1O[C@@H]2C(O)[C@]2(O)[C@H]1O. The molecule has 1 unspecified atom stereocenters. The van der Waals surface area contributed by atoms with Gasteiger partial charge in [0.05, 0.1) is 6.33 Å². The molecule has 100 valence electrons. The van der Waals surface area contributed by atoms with Crippen LogP contribution in [0.25, 0.3) is 11.2 Å². The number of ether oxygens (including phenoxy) is 1. The van der Waals surface area contributed by atoms with Gasteiger partial charge >= 0.3 is 0 Å². The maximum Gasteiger partial charge on any atom is 0.167 e. The predicted octanol–water partition coefficient (Wildman–Crippen LogP) is -2.23. The predicted molar refractivity (Wildman–Crippen MR) is 60.6 cm³/mol. The Morgan fingerprint density at radius 2 is 2.05 bits per heavy atom. The van der Waals surface area contributed by atoms with Crippen molar-refractivity contribution in [2.24, 2.45) is 0 Å². The number of fused-ring (bicyclic) bond motifs is 2. The standard InChI is InChI=1S/C10H11N5O4/c11-7-3-8(13-1-12-7)15(2-14-3)9-5(17)10(18)4(16)6(10)19-9/h1-2,4-6,9,16-18H,(H2,11,12,13)/t4?,5-,6+,9+,10-/m0/s1. The summed E-state index contributed by atoms with van der Waals surface area (Å²) in [6.45, 7) is 0. The van der Waals surface area contributed by atoms with Gasteiger partial charge < -0.3 is 25.8 Å². The van der Waals surface area contributed by atoms with Gasteiger partial charge in [0, 0.05) is 0 Å². The molecular formula is C10H11N5O4. The summed E-state index contributed by atoms with van der Waals surface area (Å²) >= 11 is 0. The monoisotopic (exact) mass is 265 g/mol. The summed E-state index contributed by atoms with van der Waals surface area (Å²) in [5.41, 5.74) is 4.85. The van der Waals surface area contributed by atoms with Crippen molar-refractivity contribution in [1.82, 2.24) is 19.5 Å². The van der Waals surface area contributed by atoms with Gasteiger partial charge in [0.25, 0.3) is 0 Å². The summed E-state index contributed by atoms with van der Waals surface area (Å²) in [7, 11) is 0. The van der Waals surface area contributed by atoms with Gasteiger partial charge in [0.1, 0.15) is 30.2 Å². The van der Waals surface area contributed by atoms with E-state index in [1.54, 1.807) is 0 Å². The van der Waals surface area contributed by atoms with E-state index < -0.39 is 30.1 Å². The third-order valence-electron chi connectivity index (χ3n) is 3.80. The molecule has 2 aliphatic rings. The van der Waals surface area contributed by atoms with Crippen molar-refractivity contribution in [3.05, 3.63) is 12.7 Å². The summed E-state index contributed by atoms with van der Waals surface area (Å²) in [4.78, 5) is 11.9. The Hall–Kier alpha value is -1.81. The molecule has 2 aromatic rings. The van der Waals surface area contributed by atoms with E-state index in [1.165, 1.54) is 17.2 Å². The number of imidazole rings is 1. The molecule has 0 bridgehead atoms. The molecule has 0 radical (unpaired) electrons. The number of hydrogen-bond donors (Lipinski definition) is 4. The lowest BCUT2D eigenvalue weighted by molar-refractivity contribution is -0.0942. The van der Waals surface area contributed by atoms with E-state index in [-0.39, 0.29) is 5.82 Å². The largest absolute Gasteiger partial charge is 0.387 e. The third kappa shape index (κ3) is 1.15. The highest BCUT2D eigenvalue weighted by atomic mass is 16.6. The van der Waals surface area contributed by atoms with E-state index in [0.717, 1.165) is 0 Å². The summed E-state index contributed by atoms with van der Waals surface area (Å²) in [6, 6.07) is 0. The molecule has 0 spiro atoms. The Kier molecular flexibility index (Phi) is 1.86. The lowest BCUT2D eigenvalue weighted by Crippen LogP contribution is -2.36. The molecule has 5 N–H and O–H groups in total. The smallest absolute Gasteiger partial charge is 0.167 e. The van der Waals surface area contributed by atoms with Gasteiger partial charge in [0.15, 0.2) is 23.3 Å². The van der Waals surface area contributed by atoms with Crippen LogP contribution >= 0.6 is 0 Å². The number of hydrogen-bond acceptors (Lipinski definition) is 8. The first kappa shape index (κ1) is 11.1. The molecule has 0 aromatic carbocycles. The quantitative estimate of drug-likeness (QED) is 0.454. The zero-order valence-corrected chi connectivity index (χ0v) is 9.58. The average molecular weight is 265 g/mol. The highest BCUT2D eigenvalue weighted by Gasteiger charge is 2.76. The highest BCUT2D eigenvalue weighted by molar-refractivity contribution is 5.81. The van der Waals surface area contributed by atoms with Gasteiger partial charge in [-0.25, -0.2) is 15.0 Å². The minimum Gasteiger partial charge on any atom is -0.387 e. The van der Waals surface area contributed by atoms with Crippen molar-refractivity contribution in [2.45, 2.75) is 30.1 Å². The Morgan fingerprint density at radius 1 is 1.26 bits per heavy atom. The molecule has 2 fully saturated rings. The van der Waals surface area contributed by atoms with E-state index in [9.17, 15) is 15.3 Å². The number of aromatic nitrogens is 4. The number of aliphatic hydroxyl groups is 3. The fourth-order valence-corrected chi connectivity index (χ4v) is 2.60. The van der Waals surface area contributed by atoms with Crippen LogP contribution in [0, 0.1) is 0 Å². The third-order valence-corrected chi connectivity index (χ3v) is 3.80. The first-order valence-corrected chi connectivity index (χ1v) is 5.72. The molecule has 1 aliphatic heterocycles. The van der Waals surface area contributed by atoms with Gasteiger partial charge in [-0.2, -0.15) is 0 Å². The van der Waals surface area contributed by atoms with Crippen LogP contribution < -0.4 is 5.73 Å². The summed E-state index contributed by atoms with van der Waals surface area (Å²) in [6.07, 6.45) is -1.29. The van der Waals surface area contributed by atoms with Crippen molar-refractivity contribution in [2.75, 3.05) is 5.73 Å². The molecule has 3 heterocycles. The second-order valence-corrected chi connectivity index (χ2v) is 4.81. The van der Waals surface area contributed by atoms with Gasteiger partial charge in [-0.1, -0.05) is 0 Å². The average Bonchev–Trinajstić information content (AvgIpc) is 2.74. The van der Waals surface area contributed by atoms with E-state index in [2.05, 4.69) is 15.0 Å². The minimum absolute atomic E-state index is 0.222. The molecule has 1 saturated carbocycles. The number of nitrogens with zero attached hydrogens (tertiary/aromatic N) is 4. The molecule has 9 heteroatoms. The van der Waals surface area contributed by atoms with Crippen LogP contribution in [0.3, 0.4) is 0 Å². The van der Waals surface area contributed by atoms with Crippen LogP contribution in [0.4, 0.5) is 5.82 Å². The molecule has 19 heavy (non-hydrogen) atoms. The van der Waals surface area contributed by atoms with Crippen LogP contribution in [0.1, 0.15) is 6.23 Å². The second-order valence-electron chi connectivity index (χ2n) is 4.81. The number of nitrogen functional groups attached to an aromatic ring is 1. The zero-order chi connectivity index (χ0) is 13.4. The van der Waals surface area contributed by atoms with Gasteiger partial charge in [-0.15, -0.1) is 0 Å². The lowest BCUT2D eigenvalue weighted by atomic mass is 10.1. The van der Waals surface area contributed by atoms with Crippen molar-refractivity contribution in [3.63, 3.8) is 0 Å². The van der Waals surface area contributed by atoms with Crippen LogP contribution in [0.2, 0.25) is 0 Å².